The lowest BCUT2D eigenvalue weighted by atomic mass is 10.1. The number of anilines is 1. The number of hydrogen-bond acceptors (Lipinski definition) is 4. The van der Waals surface area contributed by atoms with E-state index in [2.05, 4.69) is 47.1 Å². The highest BCUT2D eigenvalue weighted by atomic mass is 32.2. The van der Waals surface area contributed by atoms with Crippen molar-refractivity contribution >= 4 is 43.2 Å². The predicted octanol–water partition coefficient (Wildman–Crippen LogP) is 3.65. The summed E-state index contributed by atoms with van der Waals surface area (Å²) in [5.41, 5.74) is 3.27. The molecule has 7 heteroatoms. The topological polar surface area (TPSA) is 71.4 Å². The summed E-state index contributed by atoms with van der Waals surface area (Å²) in [4.78, 5) is 14.8. The average Bonchev–Trinajstić information content (AvgIpc) is 3.25. The van der Waals surface area contributed by atoms with E-state index in [1.165, 1.54) is 16.4 Å². The molecule has 1 fully saturated rings. The molecule has 1 amide bonds. The fraction of sp³-hybridized carbons (Fsp3) is 0.435. The minimum absolute atomic E-state index is 0.0596. The predicted molar refractivity (Wildman–Crippen MR) is 123 cm³/mol. The average molecular weight is 428 g/mol. The Labute approximate surface area is 177 Å². The SMILES string of the molecule is CCN(C(=O)[C@@H](C)Nc1ccc2c(c1)c1ccccc1n2CC)[C@@H]1CCS(=O)(=O)C1. The Morgan fingerprint density at radius 2 is 1.90 bits per heavy atom. The molecule has 30 heavy (non-hydrogen) atoms. The monoisotopic (exact) mass is 427 g/mol. The Morgan fingerprint density at radius 1 is 1.17 bits per heavy atom. The number of likely N-dealkylation sites (N-methyl/N-ethyl adjacent to an activating group) is 1. The van der Waals surface area contributed by atoms with Crippen molar-refractivity contribution in [1.82, 2.24) is 9.47 Å². The number of fused-ring (bicyclic) bond motifs is 3. The fourth-order valence-electron chi connectivity index (χ4n) is 4.66. The largest absolute Gasteiger partial charge is 0.374 e. The molecule has 2 atom stereocenters. The summed E-state index contributed by atoms with van der Waals surface area (Å²) in [6.45, 7) is 7.28. The Morgan fingerprint density at radius 3 is 2.57 bits per heavy atom. The van der Waals surface area contributed by atoms with Gasteiger partial charge in [0.15, 0.2) is 9.84 Å². The summed E-state index contributed by atoms with van der Waals surface area (Å²) >= 11 is 0. The van der Waals surface area contributed by atoms with Gasteiger partial charge in [0.25, 0.3) is 0 Å². The van der Waals surface area contributed by atoms with Crippen LogP contribution in [0.4, 0.5) is 5.69 Å². The highest BCUT2D eigenvalue weighted by Crippen LogP contribution is 2.31. The Bertz CT molecular complexity index is 1200. The van der Waals surface area contributed by atoms with E-state index in [0.29, 0.717) is 13.0 Å². The van der Waals surface area contributed by atoms with Gasteiger partial charge in [-0.05, 0) is 51.5 Å². The van der Waals surface area contributed by atoms with E-state index >= 15 is 0 Å². The second-order valence-corrected chi connectivity index (χ2v) is 10.3. The van der Waals surface area contributed by atoms with Gasteiger partial charge in [-0.15, -0.1) is 0 Å². The van der Waals surface area contributed by atoms with Crippen molar-refractivity contribution in [2.75, 3.05) is 23.4 Å². The van der Waals surface area contributed by atoms with Gasteiger partial charge in [-0.25, -0.2) is 8.42 Å². The normalized spacial score (nSPS) is 19.2. The molecule has 0 saturated carbocycles. The number of carbonyl (C=O) groups excluding carboxylic acids is 1. The molecule has 4 rings (SSSR count). The zero-order valence-corrected chi connectivity index (χ0v) is 18.6. The van der Waals surface area contributed by atoms with Gasteiger partial charge in [0.2, 0.25) is 5.91 Å². The quantitative estimate of drug-likeness (QED) is 0.652. The molecule has 1 aliphatic rings. The molecule has 2 aromatic carbocycles. The van der Waals surface area contributed by atoms with Gasteiger partial charge in [-0.3, -0.25) is 4.79 Å². The number of rotatable bonds is 6. The zero-order valence-electron chi connectivity index (χ0n) is 17.8. The number of aromatic nitrogens is 1. The van der Waals surface area contributed by atoms with Crippen LogP contribution in [-0.4, -0.2) is 53.9 Å². The molecule has 0 bridgehead atoms. The van der Waals surface area contributed by atoms with Gasteiger partial charge in [-0.1, -0.05) is 18.2 Å². The van der Waals surface area contributed by atoms with E-state index in [1.807, 2.05) is 26.0 Å². The van der Waals surface area contributed by atoms with E-state index in [0.717, 1.165) is 17.6 Å². The summed E-state index contributed by atoms with van der Waals surface area (Å²) in [6, 6.07) is 13.9. The van der Waals surface area contributed by atoms with Crippen LogP contribution in [0.1, 0.15) is 27.2 Å². The van der Waals surface area contributed by atoms with E-state index in [4.69, 9.17) is 0 Å². The Balaban J connectivity index is 1.59. The summed E-state index contributed by atoms with van der Waals surface area (Å²) in [5, 5.41) is 5.69. The van der Waals surface area contributed by atoms with Crippen molar-refractivity contribution < 1.29 is 13.2 Å². The fourth-order valence-corrected chi connectivity index (χ4v) is 6.39. The Hall–Kier alpha value is -2.54. The first-order valence-electron chi connectivity index (χ1n) is 10.6. The van der Waals surface area contributed by atoms with E-state index < -0.39 is 15.9 Å². The van der Waals surface area contributed by atoms with Crippen molar-refractivity contribution in [1.29, 1.82) is 0 Å². The maximum atomic E-state index is 13.1. The lowest BCUT2D eigenvalue weighted by Crippen LogP contribution is -2.47. The van der Waals surface area contributed by atoms with E-state index in [-0.39, 0.29) is 23.5 Å². The first kappa shape index (κ1) is 20.7. The van der Waals surface area contributed by atoms with E-state index in [9.17, 15) is 13.2 Å². The molecule has 2 heterocycles. The number of benzene rings is 2. The van der Waals surface area contributed by atoms with Crippen LogP contribution >= 0.6 is 0 Å². The number of nitrogens with one attached hydrogen (secondary N) is 1. The molecule has 0 spiro atoms. The summed E-state index contributed by atoms with van der Waals surface area (Å²) < 4.78 is 26.0. The summed E-state index contributed by atoms with van der Waals surface area (Å²) in [7, 11) is -3.03. The smallest absolute Gasteiger partial charge is 0.245 e. The third-order valence-corrected chi connectivity index (χ3v) is 7.87. The van der Waals surface area contributed by atoms with Gasteiger partial charge in [-0.2, -0.15) is 0 Å². The van der Waals surface area contributed by atoms with Crippen LogP contribution in [0.5, 0.6) is 0 Å². The molecule has 0 unspecified atom stereocenters. The van der Waals surface area contributed by atoms with Crippen LogP contribution in [0.15, 0.2) is 42.5 Å². The minimum atomic E-state index is -3.03. The molecule has 0 radical (unpaired) electrons. The van der Waals surface area contributed by atoms with Crippen LogP contribution in [-0.2, 0) is 21.2 Å². The Kier molecular flexibility index (Phi) is 5.49. The van der Waals surface area contributed by atoms with Gasteiger partial charge in [0.1, 0.15) is 6.04 Å². The molecular weight excluding hydrogens is 398 g/mol. The van der Waals surface area contributed by atoms with Crippen molar-refractivity contribution in [2.24, 2.45) is 0 Å². The van der Waals surface area contributed by atoms with Crippen molar-refractivity contribution in [3.8, 4) is 0 Å². The zero-order chi connectivity index (χ0) is 21.5. The van der Waals surface area contributed by atoms with Crippen LogP contribution in [0, 0.1) is 0 Å². The number of aryl methyl sites for hydroxylation is 1. The number of para-hydroxylation sites is 1. The van der Waals surface area contributed by atoms with Crippen LogP contribution < -0.4 is 5.32 Å². The number of carbonyl (C=O) groups is 1. The van der Waals surface area contributed by atoms with Gasteiger partial charge in [0.05, 0.1) is 11.5 Å². The molecule has 0 aliphatic carbocycles. The molecule has 1 aromatic heterocycles. The van der Waals surface area contributed by atoms with Crippen molar-refractivity contribution in [3.63, 3.8) is 0 Å². The van der Waals surface area contributed by atoms with Crippen LogP contribution in [0.3, 0.4) is 0 Å². The number of amides is 1. The van der Waals surface area contributed by atoms with Gasteiger partial charge < -0.3 is 14.8 Å². The first-order valence-corrected chi connectivity index (χ1v) is 12.4. The van der Waals surface area contributed by atoms with Crippen molar-refractivity contribution in [3.05, 3.63) is 42.5 Å². The van der Waals surface area contributed by atoms with Crippen molar-refractivity contribution in [2.45, 2.75) is 45.8 Å². The number of hydrogen-bond donors (Lipinski definition) is 1. The number of nitrogens with zero attached hydrogens (tertiary/aromatic N) is 2. The molecule has 160 valence electrons. The maximum Gasteiger partial charge on any atom is 0.245 e. The summed E-state index contributed by atoms with van der Waals surface area (Å²) in [6.07, 6.45) is 0.525. The minimum Gasteiger partial charge on any atom is -0.374 e. The maximum absolute atomic E-state index is 13.1. The van der Waals surface area contributed by atoms with Crippen LogP contribution in [0.2, 0.25) is 0 Å². The molecule has 1 N–H and O–H groups in total. The molecular formula is C23H29N3O3S. The van der Waals surface area contributed by atoms with Crippen LogP contribution in [0.25, 0.3) is 21.8 Å². The molecule has 6 nitrogen and oxygen atoms in total. The number of sulfone groups is 1. The lowest BCUT2D eigenvalue weighted by Gasteiger charge is -2.30. The highest BCUT2D eigenvalue weighted by molar-refractivity contribution is 7.91. The molecule has 3 aromatic rings. The third kappa shape index (κ3) is 3.67. The third-order valence-electron chi connectivity index (χ3n) is 6.12. The highest BCUT2D eigenvalue weighted by Gasteiger charge is 2.35. The standard InChI is InChI=1S/C23H29N3O3S/c1-4-25(18-12-13-30(28,29)15-18)23(27)16(3)24-17-10-11-22-20(14-17)19-8-6-7-9-21(19)26(22)5-2/h6-11,14,16,18,24H,4-5,12-13,15H2,1-3H3/t16-,18-/m1/s1. The second-order valence-electron chi connectivity index (χ2n) is 8.04. The summed E-state index contributed by atoms with van der Waals surface area (Å²) in [5.74, 6) is 0.180. The molecule has 1 aliphatic heterocycles. The lowest BCUT2D eigenvalue weighted by molar-refractivity contribution is -0.133. The second kappa shape index (κ2) is 7.95. The first-order chi connectivity index (χ1) is 14.3. The molecule has 1 saturated heterocycles. The van der Waals surface area contributed by atoms with Gasteiger partial charge >= 0.3 is 0 Å². The van der Waals surface area contributed by atoms with E-state index in [1.54, 1.807) is 4.90 Å². The van der Waals surface area contributed by atoms with Gasteiger partial charge in [0, 0.05) is 46.6 Å².